The Morgan fingerprint density at radius 3 is 2.45 bits per heavy atom. The second-order valence-electron chi connectivity index (χ2n) is 7.92. The van der Waals surface area contributed by atoms with Crippen LogP contribution in [-0.2, 0) is 10.0 Å². The first kappa shape index (κ1) is 21.6. The topological polar surface area (TPSA) is 76.2 Å². The number of unbranched alkanes of at least 4 members (excludes halogenated alkanes) is 2. The minimum Gasteiger partial charge on any atom is -0.493 e. The Labute approximate surface area is 183 Å². The van der Waals surface area contributed by atoms with Crippen LogP contribution in [-0.4, -0.2) is 62.9 Å². The number of carbonyl (C=O) groups is 1. The molecule has 1 fully saturated rings. The van der Waals surface area contributed by atoms with E-state index in [1.54, 1.807) is 25.3 Å². The monoisotopic (exact) mass is 444 g/mol. The zero-order chi connectivity index (χ0) is 21.8. The molecule has 0 aliphatic carbocycles. The Morgan fingerprint density at radius 2 is 1.68 bits per heavy atom. The van der Waals surface area contributed by atoms with Crippen LogP contribution in [0.3, 0.4) is 0 Å². The molecule has 4 rings (SSSR count). The third kappa shape index (κ3) is 4.55. The highest BCUT2D eigenvalue weighted by atomic mass is 32.2. The Hall–Kier alpha value is -2.58. The lowest BCUT2D eigenvalue weighted by atomic mass is 10.2. The van der Waals surface area contributed by atoms with E-state index in [1.807, 2.05) is 24.3 Å². The molecular weight excluding hydrogens is 416 g/mol. The first-order valence-electron chi connectivity index (χ1n) is 10.7. The van der Waals surface area contributed by atoms with Crippen molar-refractivity contribution in [3.05, 3.63) is 54.1 Å². The summed E-state index contributed by atoms with van der Waals surface area (Å²) in [5.74, 6) is 1.11. The van der Waals surface area contributed by atoms with E-state index in [2.05, 4.69) is 4.90 Å². The molecule has 0 spiro atoms. The van der Waals surface area contributed by atoms with Crippen molar-refractivity contribution in [3.8, 4) is 11.5 Å². The van der Waals surface area contributed by atoms with E-state index < -0.39 is 15.9 Å². The molecule has 1 atom stereocenters. The second kappa shape index (κ2) is 9.28. The number of likely N-dealkylation sites (tertiary alicyclic amines) is 1. The van der Waals surface area contributed by atoms with Gasteiger partial charge >= 0.3 is 0 Å². The van der Waals surface area contributed by atoms with Crippen LogP contribution in [0.4, 0.5) is 0 Å². The summed E-state index contributed by atoms with van der Waals surface area (Å²) >= 11 is 0. The highest BCUT2D eigenvalue weighted by molar-refractivity contribution is 7.90. The summed E-state index contributed by atoms with van der Waals surface area (Å²) in [6.45, 7) is 3.02. The molecule has 2 aromatic carbocycles. The first-order valence-corrected chi connectivity index (χ1v) is 12.1. The van der Waals surface area contributed by atoms with Gasteiger partial charge in [0.2, 0.25) is 0 Å². The maximum atomic E-state index is 12.6. The van der Waals surface area contributed by atoms with Crippen molar-refractivity contribution in [3.63, 3.8) is 0 Å². The van der Waals surface area contributed by atoms with Gasteiger partial charge in [-0.15, -0.1) is 0 Å². The fraction of sp³-hybridized carbons (Fsp3) is 0.435. The summed E-state index contributed by atoms with van der Waals surface area (Å²) in [7, 11) is -2.05. The van der Waals surface area contributed by atoms with Gasteiger partial charge in [-0.2, -0.15) is 0 Å². The van der Waals surface area contributed by atoms with Gasteiger partial charge in [-0.25, -0.2) is 12.7 Å². The number of carbonyl (C=O) groups excluding carboxylic acids is 1. The average molecular weight is 445 g/mol. The Morgan fingerprint density at radius 1 is 0.968 bits per heavy atom. The standard InChI is InChI=1S/C23H28N2O5S/c1-29-20-10-4-5-11-21(20)30-18-13-16-24(17-18)14-7-2-8-15-25-23(26)19-9-3-6-12-22(19)31(25,27)28/h3-6,9-12,18H,2,7-8,13-17H2,1H3. The molecule has 0 aromatic heterocycles. The SMILES string of the molecule is COc1ccccc1OC1CCN(CCCCCN2C(=O)c3ccccc3S2(=O)=O)C1. The lowest BCUT2D eigenvalue weighted by molar-refractivity contribution is 0.0869. The van der Waals surface area contributed by atoms with E-state index in [0.29, 0.717) is 6.42 Å². The number of hydrogen-bond acceptors (Lipinski definition) is 6. The number of benzene rings is 2. The molecule has 2 aliphatic heterocycles. The fourth-order valence-electron chi connectivity index (χ4n) is 4.21. The van der Waals surface area contributed by atoms with Crippen molar-refractivity contribution >= 4 is 15.9 Å². The first-order chi connectivity index (χ1) is 15.0. The van der Waals surface area contributed by atoms with Crippen LogP contribution >= 0.6 is 0 Å². The third-order valence-electron chi connectivity index (χ3n) is 5.84. The molecule has 8 heteroatoms. The van der Waals surface area contributed by atoms with Gasteiger partial charge < -0.3 is 9.47 Å². The molecule has 0 radical (unpaired) electrons. The zero-order valence-corrected chi connectivity index (χ0v) is 18.5. The molecule has 31 heavy (non-hydrogen) atoms. The van der Waals surface area contributed by atoms with Crippen molar-refractivity contribution in [2.24, 2.45) is 0 Å². The summed E-state index contributed by atoms with van der Waals surface area (Å²) in [6.07, 6.45) is 3.59. The lowest BCUT2D eigenvalue weighted by Gasteiger charge is -2.18. The maximum absolute atomic E-state index is 12.6. The largest absolute Gasteiger partial charge is 0.493 e. The molecule has 1 unspecified atom stereocenters. The predicted octanol–water partition coefficient (Wildman–Crippen LogP) is 3.16. The van der Waals surface area contributed by atoms with Gasteiger partial charge in [0, 0.05) is 19.6 Å². The normalized spacial score (nSPS) is 20.1. The van der Waals surface area contributed by atoms with Gasteiger partial charge in [-0.05, 0) is 50.1 Å². The van der Waals surface area contributed by atoms with Crippen molar-refractivity contribution in [2.75, 3.05) is 33.3 Å². The Bertz CT molecular complexity index is 1040. The molecule has 2 aromatic rings. The van der Waals surface area contributed by atoms with Crippen LogP contribution in [0.5, 0.6) is 11.5 Å². The molecule has 1 amide bonds. The fourth-order valence-corrected chi connectivity index (χ4v) is 5.82. The molecule has 0 saturated carbocycles. The van der Waals surface area contributed by atoms with E-state index in [0.717, 1.165) is 54.7 Å². The molecule has 2 aliphatic rings. The molecule has 1 saturated heterocycles. The summed E-state index contributed by atoms with van der Waals surface area (Å²) in [4.78, 5) is 14.9. The number of amides is 1. The van der Waals surface area contributed by atoms with Crippen molar-refractivity contribution in [1.29, 1.82) is 0 Å². The van der Waals surface area contributed by atoms with E-state index >= 15 is 0 Å². The highest BCUT2D eigenvalue weighted by Crippen LogP contribution is 2.30. The van der Waals surface area contributed by atoms with Crippen molar-refractivity contribution < 1.29 is 22.7 Å². The Kier molecular flexibility index (Phi) is 6.48. The second-order valence-corrected chi connectivity index (χ2v) is 9.75. The minimum absolute atomic E-state index is 0.123. The number of ether oxygens (including phenoxy) is 2. The predicted molar refractivity (Wildman–Crippen MR) is 117 cm³/mol. The average Bonchev–Trinajstić information content (AvgIpc) is 3.30. The molecular formula is C23H28N2O5S. The molecule has 0 N–H and O–H groups in total. The smallest absolute Gasteiger partial charge is 0.269 e. The van der Waals surface area contributed by atoms with Gasteiger partial charge in [-0.1, -0.05) is 30.7 Å². The van der Waals surface area contributed by atoms with Gasteiger partial charge in [0.1, 0.15) is 11.0 Å². The van der Waals surface area contributed by atoms with Crippen LogP contribution in [0.1, 0.15) is 36.0 Å². The Balaban J connectivity index is 1.19. The summed E-state index contributed by atoms with van der Waals surface area (Å²) in [6, 6.07) is 14.1. The van der Waals surface area contributed by atoms with Gasteiger partial charge in [0.15, 0.2) is 11.5 Å². The molecule has 2 heterocycles. The summed E-state index contributed by atoms with van der Waals surface area (Å²) in [5, 5.41) is 0. The number of rotatable bonds is 9. The zero-order valence-electron chi connectivity index (χ0n) is 17.7. The van der Waals surface area contributed by atoms with Gasteiger partial charge in [0.05, 0.1) is 12.7 Å². The molecule has 7 nitrogen and oxygen atoms in total. The van der Waals surface area contributed by atoms with Crippen LogP contribution in [0.2, 0.25) is 0 Å². The quantitative estimate of drug-likeness (QED) is 0.553. The van der Waals surface area contributed by atoms with Crippen molar-refractivity contribution in [2.45, 2.75) is 36.7 Å². The van der Waals surface area contributed by atoms with Gasteiger partial charge in [0.25, 0.3) is 15.9 Å². The third-order valence-corrected chi connectivity index (χ3v) is 7.68. The summed E-state index contributed by atoms with van der Waals surface area (Å²) < 4.78 is 37.6. The number of methoxy groups -OCH3 is 1. The summed E-state index contributed by atoms with van der Waals surface area (Å²) in [5.41, 5.74) is 0.278. The minimum atomic E-state index is -3.69. The highest BCUT2D eigenvalue weighted by Gasteiger charge is 2.40. The molecule has 166 valence electrons. The number of nitrogens with zero attached hydrogens (tertiary/aromatic N) is 2. The molecule has 0 bridgehead atoms. The number of para-hydroxylation sites is 2. The number of sulfonamides is 1. The van der Waals surface area contributed by atoms with Crippen molar-refractivity contribution in [1.82, 2.24) is 9.21 Å². The van der Waals surface area contributed by atoms with Crippen LogP contribution in [0.15, 0.2) is 53.4 Å². The van der Waals surface area contributed by atoms with Gasteiger partial charge in [-0.3, -0.25) is 9.69 Å². The maximum Gasteiger partial charge on any atom is 0.269 e. The van der Waals surface area contributed by atoms with Crippen LogP contribution < -0.4 is 9.47 Å². The van der Waals surface area contributed by atoms with E-state index in [4.69, 9.17) is 9.47 Å². The lowest BCUT2D eigenvalue weighted by Crippen LogP contribution is -2.31. The number of fused-ring (bicyclic) bond motifs is 1. The van der Waals surface area contributed by atoms with E-state index in [1.165, 1.54) is 6.07 Å². The van der Waals surface area contributed by atoms with E-state index in [-0.39, 0.29) is 23.1 Å². The van der Waals surface area contributed by atoms with Crippen LogP contribution in [0, 0.1) is 0 Å². The van der Waals surface area contributed by atoms with Crippen LogP contribution in [0.25, 0.3) is 0 Å². The number of hydrogen-bond donors (Lipinski definition) is 0. The van der Waals surface area contributed by atoms with E-state index in [9.17, 15) is 13.2 Å².